The summed E-state index contributed by atoms with van der Waals surface area (Å²) in [6.45, 7) is 2.43. The number of rotatable bonds is 3. The van der Waals surface area contributed by atoms with Crippen LogP contribution in [0.15, 0.2) is 30.5 Å². The average molecular weight is 257 g/mol. The average Bonchev–Trinajstić information content (AvgIpc) is 2.95. The van der Waals surface area contributed by atoms with Crippen LogP contribution in [0.25, 0.3) is 10.8 Å². The highest BCUT2D eigenvalue weighted by Gasteiger charge is 2.24. The van der Waals surface area contributed by atoms with Crippen molar-refractivity contribution in [2.24, 2.45) is 5.73 Å². The predicted molar refractivity (Wildman–Crippen MR) is 77.3 cm³/mol. The third-order valence-electron chi connectivity index (χ3n) is 3.85. The maximum absolute atomic E-state index is 5.79. The van der Waals surface area contributed by atoms with Crippen LogP contribution >= 0.6 is 0 Å². The van der Waals surface area contributed by atoms with Gasteiger partial charge >= 0.3 is 0 Å². The number of nitrogens with zero attached hydrogens (tertiary/aromatic N) is 2. The first-order valence-corrected chi connectivity index (χ1v) is 6.68. The highest BCUT2D eigenvalue weighted by atomic mass is 16.5. The predicted octanol–water partition coefficient (Wildman–Crippen LogP) is 1.92. The van der Waals surface area contributed by atoms with Gasteiger partial charge in [-0.3, -0.25) is 0 Å². The van der Waals surface area contributed by atoms with Crippen molar-refractivity contribution in [3.05, 3.63) is 36.0 Å². The molecular formula is C15H19N3O. The molecule has 1 aliphatic heterocycles. The first kappa shape index (κ1) is 12.4. The Hall–Kier alpha value is -1.65. The summed E-state index contributed by atoms with van der Waals surface area (Å²) in [4.78, 5) is 6.92. The maximum atomic E-state index is 5.79. The van der Waals surface area contributed by atoms with Gasteiger partial charge in [-0.1, -0.05) is 24.3 Å². The van der Waals surface area contributed by atoms with Gasteiger partial charge in [0.2, 0.25) is 0 Å². The molecule has 4 nitrogen and oxygen atoms in total. The Balaban J connectivity index is 2.05. The van der Waals surface area contributed by atoms with Gasteiger partial charge in [0.25, 0.3) is 0 Å². The van der Waals surface area contributed by atoms with E-state index in [-0.39, 0.29) is 0 Å². The first-order valence-electron chi connectivity index (χ1n) is 6.68. The molecule has 19 heavy (non-hydrogen) atoms. The lowest BCUT2D eigenvalue weighted by atomic mass is 10.1. The minimum Gasteiger partial charge on any atom is -0.380 e. The molecule has 2 N–H and O–H groups in total. The maximum Gasteiger partial charge on any atom is 0.136 e. The molecule has 3 rings (SSSR count). The summed E-state index contributed by atoms with van der Waals surface area (Å²) in [5.41, 5.74) is 6.89. The van der Waals surface area contributed by atoms with Crippen molar-refractivity contribution in [1.82, 2.24) is 4.98 Å². The van der Waals surface area contributed by atoms with Crippen molar-refractivity contribution in [3.63, 3.8) is 0 Å². The molecule has 0 aliphatic carbocycles. The number of hydrogen-bond acceptors (Lipinski definition) is 4. The summed E-state index contributed by atoms with van der Waals surface area (Å²) < 4.78 is 5.43. The summed E-state index contributed by atoms with van der Waals surface area (Å²) in [6.07, 6.45) is 3.28. The molecular weight excluding hydrogens is 238 g/mol. The molecule has 4 heteroatoms. The molecule has 0 radical (unpaired) electrons. The van der Waals surface area contributed by atoms with Gasteiger partial charge in [0.1, 0.15) is 5.82 Å². The molecule has 0 saturated carbocycles. The largest absolute Gasteiger partial charge is 0.380 e. The number of aromatic nitrogens is 1. The minimum absolute atomic E-state index is 0.315. The molecule has 1 unspecified atom stereocenters. The van der Waals surface area contributed by atoms with Crippen molar-refractivity contribution in [1.29, 1.82) is 0 Å². The quantitative estimate of drug-likeness (QED) is 0.912. The van der Waals surface area contributed by atoms with Gasteiger partial charge in [0.05, 0.1) is 6.10 Å². The molecule has 0 spiro atoms. The second-order valence-corrected chi connectivity index (χ2v) is 4.95. The van der Waals surface area contributed by atoms with E-state index in [9.17, 15) is 0 Å². The number of benzene rings is 1. The monoisotopic (exact) mass is 257 g/mol. The second kappa shape index (κ2) is 5.15. The minimum atomic E-state index is 0.315. The van der Waals surface area contributed by atoms with Crippen LogP contribution in [0, 0.1) is 0 Å². The van der Waals surface area contributed by atoms with Crippen LogP contribution in [0.1, 0.15) is 12.0 Å². The Kier molecular flexibility index (Phi) is 3.36. The topological polar surface area (TPSA) is 51.4 Å². The van der Waals surface area contributed by atoms with Gasteiger partial charge in [-0.25, -0.2) is 4.98 Å². The van der Waals surface area contributed by atoms with E-state index >= 15 is 0 Å². The number of anilines is 1. The lowest BCUT2D eigenvalue weighted by Gasteiger charge is -2.20. The summed E-state index contributed by atoms with van der Waals surface area (Å²) in [5, 5.41) is 2.39. The zero-order valence-corrected chi connectivity index (χ0v) is 11.2. The van der Waals surface area contributed by atoms with Crippen LogP contribution in [-0.4, -0.2) is 31.3 Å². The van der Waals surface area contributed by atoms with Crippen molar-refractivity contribution in [2.75, 3.05) is 25.1 Å². The van der Waals surface area contributed by atoms with Crippen molar-refractivity contribution < 1.29 is 4.74 Å². The molecule has 1 aromatic heterocycles. The number of hydrogen-bond donors (Lipinski definition) is 1. The summed E-state index contributed by atoms with van der Waals surface area (Å²) in [5.74, 6) is 1.05. The number of pyridine rings is 1. The Bertz CT molecular complexity index is 585. The Morgan fingerprint density at radius 2 is 2.16 bits per heavy atom. The summed E-state index contributed by atoms with van der Waals surface area (Å²) in [6, 6.07) is 8.34. The van der Waals surface area contributed by atoms with E-state index in [0.29, 0.717) is 12.6 Å². The summed E-state index contributed by atoms with van der Waals surface area (Å²) in [7, 11) is 1.78. The molecule has 1 atom stereocenters. The van der Waals surface area contributed by atoms with Crippen LogP contribution in [0.4, 0.5) is 5.82 Å². The molecule has 1 saturated heterocycles. The fourth-order valence-electron chi connectivity index (χ4n) is 2.76. The van der Waals surface area contributed by atoms with Crippen LogP contribution < -0.4 is 10.6 Å². The number of fused-ring (bicyclic) bond motifs is 1. The van der Waals surface area contributed by atoms with E-state index < -0.39 is 0 Å². The van der Waals surface area contributed by atoms with E-state index in [4.69, 9.17) is 10.5 Å². The zero-order valence-electron chi connectivity index (χ0n) is 11.2. The van der Waals surface area contributed by atoms with E-state index in [2.05, 4.69) is 28.1 Å². The van der Waals surface area contributed by atoms with Gasteiger partial charge < -0.3 is 15.4 Å². The van der Waals surface area contributed by atoms with Gasteiger partial charge in [0, 0.05) is 38.3 Å². The molecule has 1 fully saturated rings. The molecule has 2 heterocycles. The normalized spacial score (nSPS) is 19.3. The smallest absolute Gasteiger partial charge is 0.136 e. The van der Waals surface area contributed by atoms with Crippen LogP contribution in [0.5, 0.6) is 0 Å². The third kappa shape index (κ3) is 2.17. The van der Waals surface area contributed by atoms with Gasteiger partial charge in [-0.05, 0) is 17.4 Å². The lowest BCUT2D eigenvalue weighted by Crippen LogP contribution is -2.23. The molecule has 1 aromatic carbocycles. The Morgan fingerprint density at radius 1 is 1.37 bits per heavy atom. The second-order valence-electron chi connectivity index (χ2n) is 4.95. The van der Waals surface area contributed by atoms with Crippen molar-refractivity contribution >= 4 is 16.6 Å². The fourth-order valence-corrected chi connectivity index (χ4v) is 2.76. The zero-order chi connectivity index (χ0) is 13.2. The first-order chi connectivity index (χ1) is 9.33. The van der Waals surface area contributed by atoms with Gasteiger partial charge in [-0.15, -0.1) is 0 Å². The fraction of sp³-hybridized carbons (Fsp3) is 0.400. The molecule has 0 bridgehead atoms. The van der Waals surface area contributed by atoms with E-state index in [1.807, 2.05) is 12.3 Å². The molecule has 0 amide bonds. The molecule has 1 aliphatic rings. The van der Waals surface area contributed by atoms with E-state index in [1.54, 1.807) is 7.11 Å². The van der Waals surface area contributed by atoms with E-state index in [0.717, 1.165) is 30.9 Å². The van der Waals surface area contributed by atoms with Crippen molar-refractivity contribution in [3.8, 4) is 0 Å². The van der Waals surface area contributed by atoms with E-state index in [1.165, 1.54) is 10.8 Å². The Morgan fingerprint density at radius 3 is 2.84 bits per heavy atom. The van der Waals surface area contributed by atoms with Crippen LogP contribution in [-0.2, 0) is 11.3 Å². The molecule has 100 valence electrons. The van der Waals surface area contributed by atoms with Gasteiger partial charge in [-0.2, -0.15) is 0 Å². The number of nitrogens with two attached hydrogens (primary N) is 1. The molecule has 2 aromatic rings. The van der Waals surface area contributed by atoms with Crippen molar-refractivity contribution in [2.45, 2.75) is 19.1 Å². The number of ether oxygens (including phenoxy) is 1. The highest BCUT2D eigenvalue weighted by molar-refractivity contribution is 5.94. The summed E-state index contributed by atoms with van der Waals surface area (Å²) >= 11 is 0. The van der Waals surface area contributed by atoms with Gasteiger partial charge in [0.15, 0.2) is 0 Å². The number of methoxy groups -OCH3 is 1. The highest BCUT2D eigenvalue weighted by Crippen LogP contribution is 2.29. The lowest BCUT2D eigenvalue weighted by molar-refractivity contribution is 0.121. The standard InChI is InChI=1S/C15H19N3O/c1-19-12-6-7-18(10-12)15-14-5-3-2-4-13(14)11(8-16)9-17-15/h2-5,9,12H,6-8,10,16H2,1H3. The van der Waals surface area contributed by atoms with Crippen LogP contribution in [0.3, 0.4) is 0 Å². The third-order valence-corrected chi connectivity index (χ3v) is 3.85. The van der Waals surface area contributed by atoms with Crippen LogP contribution in [0.2, 0.25) is 0 Å². The Labute approximate surface area is 113 Å². The SMILES string of the molecule is COC1CCN(c2ncc(CN)c3ccccc23)C1.